The Morgan fingerprint density at radius 1 is 0.956 bits per heavy atom. The van der Waals surface area contributed by atoms with Gasteiger partial charge in [-0.15, -0.1) is 5.10 Å². The van der Waals surface area contributed by atoms with Crippen LogP contribution in [0.1, 0.15) is 37.3 Å². The van der Waals surface area contributed by atoms with E-state index in [9.17, 15) is 9.59 Å². The predicted molar refractivity (Wildman–Crippen MR) is 172 cm³/mol. The zero-order valence-corrected chi connectivity index (χ0v) is 26.2. The molecule has 5 heterocycles. The van der Waals surface area contributed by atoms with Crippen molar-refractivity contribution >= 4 is 34.8 Å². The Bertz CT molecular complexity index is 1760. The van der Waals surface area contributed by atoms with E-state index in [-0.39, 0.29) is 28.7 Å². The minimum atomic E-state index is -0.302. The van der Waals surface area contributed by atoms with Crippen LogP contribution in [-0.4, -0.2) is 86.8 Å². The first-order valence-electron chi connectivity index (χ1n) is 15.4. The quantitative estimate of drug-likeness (QED) is 0.354. The van der Waals surface area contributed by atoms with Crippen molar-refractivity contribution in [2.75, 3.05) is 44.3 Å². The smallest absolute Gasteiger partial charge is 0.254 e. The highest BCUT2D eigenvalue weighted by Crippen LogP contribution is 2.32. The Hall–Kier alpha value is -3.77. The molecule has 45 heavy (non-hydrogen) atoms. The van der Waals surface area contributed by atoms with Crippen LogP contribution in [0.25, 0.3) is 16.9 Å². The summed E-state index contributed by atoms with van der Waals surface area (Å²) in [7, 11) is 0. The lowest BCUT2D eigenvalue weighted by Gasteiger charge is -2.46. The van der Waals surface area contributed by atoms with Gasteiger partial charge in [-0.2, -0.15) is 0 Å². The van der Waals surface area contributed by atoms with Crippen molar-refractivity contribution in [1.82, 2.24) is 34.8 Å². The molecule has 2 saturated heterocycles. The third-order valence-corrected chi connectivity index (χ3v) is 9.42. The van der Waals surface area contributed by atoms with Crippen molar-refractivity contribution in [2.24, 2.45) is 0 Å². The third kappa shape index (κ3) is 6.22. The van der Waals surface area contributed by atoms with Crippen LogP contribution in [-0.2, 0) is 9.53 Å². The number of carbonyl (C=O) groups excluding carboxylic acids is 1. The Balaban J connectivity index is 1.23. The normalized spacial score (nSPS) is 21.6. The number of carbonyl (C=O) groups is 1. The Morgan fingerprint density at radius 3 is 2.62 bits per heavy atom. The van der Waals surface area contributed by atoms with Gasteiger partial charge in [0.25, 0.3) is 5.56 Å². The highest BCUT2D eigenvalue weighted by molar-refractivity contribution is 6.31. The summed E-state index contributed by atoms with van der Waals surface area (Å²) in [6, 6.07) is 15.0. The van der Waals surface area contributed by atoms with Crippen molar-refractivity contribution in [3.63, 3.8) is 0 Å². The fourth-order valence-electron chi connectivity index (χ4n) is 6.51. The van der Waals surface area contributed by atoms with Gasteiger partial charge in [-0.1, -0.05) is 53.4 Å². The number of aromatic nitrogens is 5. The second kappa shape index (κ2) is 12.9. The fourth-order valence-corrected chi connectivity index (χ4v) is 6.81. The zero-order chi connectivity index (χ0) is 30.9. The van der Waals surface area contributed by atoms with Crippen LogP contribution in [0.15, 0.2) is 65.8 Å². The summed E-state index contributed by atoms with van der Waals surface area (Å²) in [4.78, 5) is 36.6. The molecule has 2 fully saturated rings. The lowest BCUT2D eigenvalue weighted by molar-refractivity contribution is -0.125. The van der Waals surface area contributed by atoms with Gasteiger partial charge < -0.3 is 15.0 Å². The molecule has 3 aliphatic heterocycles. The van der Waals surface area contributed by atoms with Gasteiger partial charge in [0.1, 0.15) is 6.04 Å². The number of piperazine rings is 1. The molecule has 0 aliphatic carbocycles. The molecular formula is C32H34Cl2N8O3. The highest BCUT2D eigenvalue weighted by atomic mass is 35.5. The summed E-state index contributed by atoms with van der Waals surface area (Å²) in [6.45, 7) is 4.33. The fraction of sp³-hybridized carbons (Fsp3) is 0.406. The van der Waals surface area contributed by atoms with Gasteiger partial charge in [0, 0.05) is 48.5 Å². The largest absolute Gasteiger partial charge is 0.378 e. The summed E-state index contributed by atoms with van der Waals surface area (Å²) in [5, 5.41) is 11.9. The van der Waals surface area contributed by atoms with Crippen LogP contribution in [0, 0.1) is 0 Å². The molecule has 0 spiro atoms. The second-order valence-electron chi connectivity index (χ2n) is 11.8. The molecule has 1 amide bonds. The van der Waals surface area contributed by atoms with Gasteiger partial charge in [-0.05, 0) is 48.7 Å². The number of amides is 1. The molecule has 7 rings (SSSR count). The van der Waals surface area contributed by atoms with Gasteiger partial charge in [0.2, 0.25) is 5.91 Å². The minimum absolute atomic E-state index is 0.0608. The van der Waals surface area contributed by atoms with E-state index in [0.29, 0.717) is 41.1 Å². The average molecular weight is 650 g/mol. The number of ether oxygens (including phenoxy) is 1. The van der Waals surface area contributed by atoms with Gasteiger partial charge in [0.15, 0.2) is 5.15 Å². The first kappa shape index (κ1) is 29.9. The number of nitrogens with one attached hydrogen (secondary N) is 1. The minimum Gasteiger partial charge on any atom is -0.378 e. The number of fused-ring (bicyclic) bond motifs is 4. The molecule has 2 bridgehead atoms. The number of anilines is 1. The number of halogens is 2. The van der Waals surface area contributed by atoms with E-state index in [4.69, 9.17) is 32.9 Å². The first-order chi connectivity index (χ1) is 21.9. The number of nitrogens with zero attached hydrogens (tertiary/aromatic N) is 7. The molecule has 3 aliphatic rings. The lowest BCUT2D eigenvalue weighted by Crippen LogP contribution is -2.64. The van der Waals surface area contributed by atoms with Crippen molar-refractivity contribution in [3.05, 3.63) is 87.1 Å². The van der Waals surface area contributed by atoms with Crippen molar-refractivity contribution in [1.29, 1.82) is 0 Å². The molecule has 1 N–H and O–H groups in total. The summed E-state index contributed by atoms with van der Waals surface area (Å²) < 4.78 is 8.69. The van der Waals surface area contributed by atoms with E-state index in [1.54, 1.807) is 41.4 Å². The van der Waals surface area contributed by atoms with Crippen LogP contribution < -0.4 is 15.8 Å². The number of benzene rings is 2. The summed E-state index contributed by atoms with van der Waals surface area (Å²) >= 11 is 12.4. The lowest BCUT2D eigenvalue weighted by atomic mass is 9.98. The Labute approximate surface area is 270 Å². The van der Waals surface area contributed by atoms with E-state index in [0.717, 1.165) is 63.2 Å². The van der Waals surface area contributed by atoms with Gasteiger partial charge in [-0.3, -0.25) is 19.1 Å². The van der Waals surface area contributed by atoms with Crippen LogP contribution in [0.2, 0.25) is 10.2 Å². The van der Waals surface area contributed by atoms with Crippen LogP contribution in [0.5, 0.6) is 0 Å². The molecule has 2 aromatic carbocycles. The van der Waals surface area contributed by atoms with Crippen molar-refractivity contribution in [3.8, 4) is 16.9 Å². The molecule has 2 aromatic heterocycles. The van der Waals surface area contributed by atoms with Gasteiger partial charge >= 0.3 is 0 Å². The molecule has 0 radical (unpaired) electrons. The summed E-state index contributed by atoms with van der Waals surface area (Å²) in [6.07, 6.45) is 6.68. The van der Waals surface area contributed by atoms with Gasteiger partial charge in [0.05, 0.1) is 49.2 Å². The third-order valence-electron chi connectivity index (χ3n) is 9.01. The van der Waals surface area contributed by atoms with E-state index in [2.05, 4.69) is 43.6 Å². The Morgan fingerprint density at radius 2 is 1.84 bits per heavy atom. The molecule has 11 nitrogen and oxygen atoms in total. The van der Waals surface area contributed by atoms with Crippen LogP contribution in [0.3, 0.4) is 0 Å². The van der Waals surface area contributed by atoms with E-state index in [1.807, 2.05) is 6.07 Å². The van der Waals surface area contributed by atoms with Crippen LogP contribution >= 0.6 is 23.2 Å². The number of hydrogen-bond acceptors (Lipinski definition) is 8. The number of rotatable bonds is 4. The maximum Gasteiger partial charge on any atom is 0.254 e. The monoisotopic (exact) mass is 648 g/mol. The SMILES string of the molecule is O=C1NCCCCC[C@H](n2cnc(-c3cc(Cl)ccc3-n3cc(Cl)nn3)cc2=O)c2cccc(c2)N2CCN(C3COC3)C[C@H]12. The zero-order valence-electron chi connectivity index (χ0n) is 24.7. The second-order valence-corrected chi connectivity index (χ2v) is 12.6. The first-order valence-corrected chi connectivity index (χ1v) is 16.1. The molecule has 0 unspecified atom stereocenters. The van der Waals surface area contributed by atoms with E-state index < -0.39 is 0 Å². The van der Waals surface area contributed by atoms with E-state index >= 15 is 0 Å². The molecule has 2 atom stereocenters. The topological polar surface area (TPSA) is 110 Å². The summed E-state index contributed by atoms with van der Waals surface area (Å²) in [5.74, 6) is 0.0608. The predicted octanol–water partition coefficient (Wildman–Crippen LogP) is 3.97. The number of hydrogen-bond donors (Lipinski definition) is 1. The highest BCUT2D eigenvalue weighted by Gasteiger charge is 2.37. The van der Waals surface area contributed by atoms with E-state index in [1.165, 1.54) is 4.68 Å². The maximum atomic E-state index is 13.8. The standard InChI is InChI=1S/C32H34Cl2N8O3/c33-22-8-9-28(42-17-30(34)37-38-42)25(14-22)26-15-31(43)41(20-36-26)27-7-2-1-3-10-35-32(44)29-16-39(24-18-45-19-24)11-12-40(29)23-6-4-5-21(27)13-23/h4-6,8-9,13-15,17,20,24,27,29H,1-3,7,10-12,16,18-19H2,(H,35,44)/t27-,29+/m0/s1. The molecule has 13 heteroatoms. The molecule has 234 valence electrons. The summed E-state index contributed by atoms with van der Waals surface area (Å²) in [5.41, 5.74) is 3.59. The van der Waals surface area contributed by atoms with Gasteiger partial charge in [-0.25, -0.2) is 9.67 Å². The molecule has 4 aromatic rings. The molecular weight excluding hydrogens is 615 g/mol. The Kier molecular flexibility index (Phi) is 8.59. The van der Waals surface area contributed by atoms with Crippen molar-refractivity contribution < 1.29 is 9.53 Å². The van der Waals surface area contributed by atoms with Crippen LogP contribution in [0.4, 0.5) is 5.69 Å². The van der Waals surface area contributed by atoms with Crippen molar-refractivity contribution in [2.45, 2.75) is 43.8 Å². The average Bonchev–Trinajstić information content (AvgIpc) is 3.45. The molecule has 0 saturated carbocycles. The maximum absolute atomic E-state index is 13.8.